The first-order chi connectivity index (χ1) is 13.9. The van der Waals surface area contributed by atoms with Gasteiger partial charge in [-0.2, -0.15) is 0 Å². The van der Waals surface area contributed by atoms with Crippen LogP contribution in [0.5, 0.6) is 34.5 Å². The minimum absolute atomic E-state index is 0.0299. The Bertz CT molecular complexity index is 1270. The Hall–Kier alpha value is -3.73. The third-order valence-electron chi connectivity index (χ3n) is 5.67. The largest absolute Gasteiger partial charge is 0.458 e. The van der Waals surface area contributed by atoms with Crippen LogP contribution < -0.4 is 30.6 Å². The maximum absolute atomic E-state index is 6.43. The Morgan fingerprint density at radius 2 is 1.21 bits per heavy atom. The van der Waals surface area contributed by atoms with Crippen LogP contribution in [0.1, 0.15) is 0 Å². The summed E-state index contributed by atoms with van der Waals surface area (Å²) in [7, 11) is 0. The lowest BCUT2D eigenvalue weighted by atomic mass is 9.33. The van der Waals surface area contributed by atoms with Gasteiger partial charge in [-0.05, 0) is 48.5 Å². The lowest BCUT2D eigenvalue weighted by Crippen LogP contribution is -2.59. The van der Waals surface area contributed by atoms with E-state index in [-0.39, 0.29) is 6.71 Å². The molecule has 4 heterocycles. The highest BCUT2D eigenvalue weighted by atomic mass is 16.5. The molecule has 130 valence electrons. The van der Waals surface area contributed by atoms with Crippen LogP contribution in [0, 0.1) is 0 Å². The molecule has 0 spiro atoms. The molecular weight excluding hydrogens is 349 g/mol. The molecule has 0 saturated heterocycles. The zero-order chi connectivity index (χ0) is 18.2. The maximum Gasteiger partial charge on any atom is 0.270 e. The number of ether oxygens (including phenoxy) is 3. The molecule has 1 aromatic heterocycles. The van der Waals surface area contributed by atoms with E-state index >= 15 is 0 Å². The molecular formula is C23H12BNO3. The SMILES string of the molecule is c1ccc(-c2ccc3c4c2Oc2cccc5c2B4c2c(cccc2O3)O5)nc1. The molecule has 0 radical (unpaired) electrons. The molecule has 5 heteroatoms. The van der Waals surface area contributed by atoms with Crippen LogP contribution in [0.15, 0.2) is 72.9 Å². The topological polar surface area (TPSA) is 40.6 Å². The highest BCUT2D eigenvalue weighted by Gasteiger charge is 2.46. The van der Waals surface area contributed by atoms with Crippen molar-refractivity contribution < 1.29 is 14.2 Å². The van der Waals surface area contributed by atoms with Crippen molar-refractivity contribution in [3.63, 3.8) is 0 Å². The number of hydrogen-bond donors (Lipinski definition) is 0. The molecule has 4 nitrogen and oxygen atoms in total. The standard InChI is InChI=1S/C23H12BNO3/c1-2-12-25-14(5-1)13-10-11-19-22-23(13)28-18-9-4-8-17-21(18)24(22)20-15(26-17)6-3-7-16(20)27-19/h1-12H. The van der Waals surface area contributed by atoms with E-state index in [0.717, 1.165) is 62.1 Å². The van der Waals surface area contributed by atoms with Crippen LogP contribution in [0.4, 0.5) is 0 Å². The lowest BCUT2D eigenvalue weighted by molar-refractivity contribution is 0.443. The van der Waals surface area contributed by atoms with Crippen LogP contribution >= 0.6 is 0 Å². The molecule has 0 N–H and O–H groups in total. The van der Waals surface area contributed by atoms with Gasteiger partial charge in [-0.3, -0.25) is 4.98 Å². The van der Waals surface area contributed by atoms with E-state index in [9.17, 15) is 0 Å². The number of nitrogens with zero attached hydrogens (tertiary/aromatic N) is 1. The summed E-state index contributed by atoms with van der Waals surface area (Å²) in [5.74, 6) is 4.99. The van der Waals surface area contributed by atoms with Gasteiger partial charge in [0.1, 0.15) is 34.5 Å². The second-order valence-corrected chi connectivity index (χ2v) is 7.14. The fourth-order valence-electron chi connectivity index (χ4n) is 4.53. The highest BCUT2D eigenvalue weighted by molar-refractivity contribution is 6.99. The lowest BCUT2D eigenvalue weighted by Gasteiger charge is -2.37. The van der Waals surface area contributed by atoms with E-state index in [1.54, 1.807) is 6.20 Å². The molecule has 0 fully saturated rings. The minimum atomic E-state index is 0.0299. The normalized spacial score (nSPS) is 13.8. The fourth-order valence-corrected chi connectivity index (χ4v) is 4.53. The van der Waals surface area contributed by atoms with E-state index in [4.69, 9.17) is 14.2 Å². The molecule has 4 aromatic rings. The molecule has 3 aliphatic heterocycles. The smallest absolute Gasteiger partial charge is 0.270 e. The van der Waals surface area contributed by atoms with Crippen molar-refractivity contribution in [3.8, 4) is 45.8 Å². The first kappa shape index (κ1) is 14.3. The second-order valence-electron chi connectivity index (χ2n) is 7.14. The molecule has 0 saturated carbocycles. The van der Waals surface area contributed by atoms with Crippen LogP contribution in [0.3, 0.4) is 0 Å². The predicted molar refractivity (Wildman–Crippen MR) is 107 cm³/mol. The predicted octanol–water partition coefficient (Wildman–Crippen LogP) is 3.58. The average molecular weight is 361 g/mol. The molecule has 0 aliphatic carbocycles. The molecule has 3 aliphatic rings. The van der Waals surface area contributed by atoms with Crippen LogP contribution in [-0.4, -0.2) is 11.7 Å². The Morgan fingerprint density at radius 3 is 1.86 bits per heavy atom. The van der Waals surface area contributed by atoms with Crippen molar-refractivity contribution in [3.05, 3.63) is 72.9 Å². The van der Waals surface area contributed by atoms with E-state index in [1.807, 2.05) is 66.7 Å². The van der Waals surface area contributed by atoms with Gasteiger partial charge in [-0.25, -0.2) is 0 Å². The molecule has 0 atom stereocenters. The van der Waals surface area contributed by atoms with Gasteiger partial charge in [0.2, 0.25) is 0 Å². The molecule has 0 bridgehead atoms. The summed E-state index contributed by atoms with van der Waals surface area (Å²) in [5.41, 5.74) is 5.03. The van der Waals surface area contributed by atoms with Crippen LogP contribution in [0.2, 0.25) is 0 Å². The van der Waals surface area contributed by atoms with Gasteiger partial charge < -0.3 is 14.2 Å². The summed E-state index contributed by atoms with van der Waals surface area (Å²) in [6.45, 7) is 0.0299. The number of aromatic nitrogens is 1. The highest BCUT2D eigenvalue weighted by Crippen LogP contribution is 2.44. The Morgan fingerprint density at radius 1 is 0.571 bits per heavy atom. The number of pyridine rings is 1. The quantitative estimate of drug-likeness (QED) is 0.419. The summed E-state index contributed by atoms with van der Waals surface area (Å²) in [6.07, 6.45) is 1.80. The van der Waals surface area contributed by atoms with Gasteiger partial charge in [-0.1, -0.05) is 18.2 Å². The summed E-state index contributed by atoms with van der Waals surface area (Å²) in [5, 5.41) is 0. The van der Waals surface area contributed by atoms with Crippen molar-refractivity contribution in [2.45, 2.75) is 0 Å². The first-order valence-electron chi connectivity index (χ1n) is 9.26. The zero-order valence-corrected chi connectivity index (χ0v) is 14.7. The average Bonchev–Trinajstić information content (AvgIpc) is 2.75. The van der Waals surface area contributed by atoms with Crippen molar-refractivity contribution >= 4 is 23.1 Å². The maximum atomic E-state index is 6.43. The molecule has 0 unspecified atom stereocenters. The van der Waals surface area contributed by atoms with Gasteiger partial charge in [0, 0.05) is 28.1 Å². The number of hydrogen-bond acceptors (Lipinski definition) is 4. The molecule has 7 rings (SSSR count). The summed E-state index contributed by atoms with van der Waals surface area (Å²) in [4.78, 5) is 4.54. The molecule has 0 amide bonds. The first-order valence-corrected chi connectivity index (χ1v) is 9.26. The summed E-state index contributed by atoms with van der Waals surface area (Å²) >= 11 is 0. The Balaban J connectivity index is 1.59. The van der Waals surface area contributed by atoms with Gasteiger partial charge in [0.25, 0.3) is 6.71 Å². The monoisotopic (exact) mass is 361 g/mol. The fraction of sp³-hybridized carbons (Fsp3) is 0. The van der Waals surface area contributed by atoms with Crippen molar-refractivity contribution in [2.24, 2.45) is 0 Å². The Labute approximate surface area is 161 Å². The minimum Gasteiger partial charge on any atom is -0.458 e. The van der Waals surface area contributed by atoms with Gasteiger partial charge in [0.05, 0.1) is 5.69 Å². The van der Waals surface area contributed by atoms with E-state index in [1.165, 1.54) is 0 Å². The third-order valence-corrected chi connectivity index (χ3v) is 5.67. The van der Waals surface area contributed by atoms with Gasteiger partial charge in [0.15, 0.2) is 0 Å². The summed E-state index contributed by atoms with van der Waals surface area (Å²) in [6, 6.07) is 21.9. The van der Waals surface area contributed by atoms with Crippen LogP contribution in [-0.2, 0) is 0 Å². The second kappa shape index (κ2) is 4.96. The summed E-state index contributed by atoms with van der Waals surface area (Å²) < 4.78 is 18.9. The molecule has 3 aromatic carbocycles. The zero-order valence-electron chi connectivity index (χ0n) is 14.7. The van der Waals surface area contributed by atoms with E-state index < -0.39 is 0 Å². The van der Waals surface area contributed by atoms with E-state index in [0.29, 0.717) is 0 Å². The Kier molecular flexibility index (Phi) is 2.54. The van der Waals surface area contributed by atoms with E-state index in [2.05, 4.69) is 4.98 Å². The molecule has 28 heavy (non-hydrogen) atoms. The third kappa shape index (κ3) is 1.69. The van der Waals surface area contributed by atoms with Gasteiger partial charge >= 0.3 is 0 Å². The number of benzene rings is 3. The van der Waals surface area contributed by atoms with Gasteiger partial charge in [-0.15, -0.1) is 0 Å². The van der Waals surface area contributed by atoms with Crippen molar-refractivity contribution in [1.82, 2.24) is 4.98 Å². The van der Waals surface area contributed by atoms with Crippen LogP contribution in [0.25, 0.3) is 11.3 Å². The number of rotatable bonds is 1. The van der Waals surface area contributed by atoms with Crippen molar-refractivity contribution in [1.29, 1.82) is 0 Å². The van der Waals surface area contributed by atoms with Crippen molar-refractivity contribution in [2.75, 3.05) is 0 Å².